The smallest absolute Gasteiger partial charge is 0.388 e. The summed E-state index contributed by atoms with van der Waals surface area (Å²) in [4.78, 5) is 0. The summed E-state index contributed by atoms with van der Waals surface area (Å²) < 4.78 is 50.9. The Labute approximate surface area is 98.2 Å². The summed E-state index contributed by atoms with van der Waals surface area (Å²) in [6.07, 6.45) is -5.87. The standard InChI is InChI=1S/C10H9BrF4O/c1-2-7(16)8-6(11)4-3-5(9(8)12)10(13,14)15/h3-4,7,16H,2H2,1H3. The topological polar surface area (TPSA) is 20.2 Å². The molecule has 0 spiro atoms. The van der Waals surface area contributed by atoms with E-state index in [2.05, 4.69) is 15.9 Å². The van der Waals surface area contributed by atoms with E-state index in [1.54, 1.807) is 6.92 Å². The third kappa shape index (κ3) is 2.55. The van der Waals surface area contributed by atoms with Crippen LogP contribution in [0.25, 0.3) is 0 Å². The minimum absolute atomic E-state index is 0.132. The summed E-state index contributed by atoms with van der Waals surface area (Å²) >= 11 is 2.92. The molecule has 0 aromatic heterocycles. The van der Waals surface area contributed by atoms with E-state index in [0.29, 0.717) is 6.07 Å². The monoisotopic (exact) mass is 300 g/mol. The molecule has 1 rings (SSSR count). The molecule has 0 saturated carbocycles. The second-order valence-corrected chi connectivity index (χ2v) is 4.10. The zero-order valence-electron chi connectivity index (χ0n) is 8.28. The zero-order valence-corrected chi connectivity index (χ0v) is 9.86. The van der Waals surface area contributed by atoms with Crippen LogP contribution in [0.15, 0.2) is 16.6 Å². The van der Waals surface area contributed by atoms with E-state index in [9.17, 15) is 22.7 Å². The minimum Gasteiger partial charge on any atom is -0.388 e. The first-order valence-corrected chi connectivity index (χ1v) is 5.31. The van der Waals surface area contributed by atoms with Crippen LogP contribution in [-0.4, -0.2) is 5.11 Å². The van der Waals surface area contributed by atoms with Crippen molar-refractivity contribution in [2.45, 2.75) is 25.6 Å². The van der Waals surface area contributed by atoms with Gasteiger partial charge in [-0.1, -0.05) is 22.9 Å². The summed E-state index contributed by atoms with van der Waals surface area (Å²) in [6.45, 7) is 1.55. The van der Waals surface area contributed by atoms with Crippen molar-refractivity contribution in [1.82, 2.24) is 0 Å². The molecule has 0 aliphatic carbocycles. The van der Waals surface area contributed by atoms with Gasteiger partial charge in [0.05, 0.1) is 11.7 Å². The van der Waals surface area contributed by atoms with Gasteiger partial charge in [0.2, 0.25) is 0 Å². The molecule has 0 bridgehead atoms. The minimum atomic E-state index is -4.76. The molecule has 0 radical (unpaired) electrons. The van der Waals surface area contributed by atoms with Gasteiger partial charge >= 0.3 is 6.18 Å². The lowest BCUT2D eigenvalue weighted by atomic mass is 10.0. The van der Waals surface area contributed by atoms with Crippen molar-refractivity contribution in [3.8, 4) is 0 Å². The van der Waals surface area contributed by atoms with Crippen molar-refractivity contribution < 1.29 is 22.7 Å². The van der Waals surface area contributed by atoms with Crippen LogP contribution in [0.3, 0.4) is 0 Å². The number of hydrogen-bond acceptors (Lipinski definition) is 1. The highest BCUT2D eigenvalue weighted by Gasteiger charge is 2.36. The molecule has 16 heavy (non-hydrogen) atoms. The summed E-state index contributed by atoms with van der Waals surface area (Å²) in [5, 5.41) is 9.44. The largest absolute Gasteiger partial charge is 0.419 e. The average Bonchev–Trinajstić information content (AvgIpc) is 2.15. The number of halogens is 5. The van der Waals surface area contributed by atoms with Gasteiger partial charge in [0, 0.05) is 10.0 Å². The van der Waals surface area contributed by atoms with Crippen molar-refractivity contribution in [1.29, 1.82) is 0 Å². The van der Waals surface area contributed by atoms with Gasteiger partial charge < -0.3 is 5.11 Å². The second-order valence-electron chi connectivity index (χ2n) is 3.24. The fourth-order valence-electron chi connectivity index (χ4n) is 1.30. The molecule has 90 valence electrons. The van der Waals surface area contributed by atoms with E-state index < -0.39 is 23.7 Å². The van der Waals surface area contributed by atoms with Crippen LogP contribution in [0.5, 0.6) is 0 Å². The Bertz CT molecular complexity index is 389. The Morgan fingerprint density at radius 2 is 1.94 bits per heavy atom. The van der Waals surface area contributed by atoms with E-state index in [4.69, 9.17) is 0 Å². The van der Waals surface area contributed by atoms with E-state index in [0.717, 1.165) is 6.07 Å². The van der Waals surface area contributed by atoms with Gasteiger partial charge in [0.15, 0.2) is 0 Å². The molecule has 1 N–H and O–H groups in total. The van der Waals surface area contributed by atoms with Crippen molar-refractivity contribution >= 4 is 15.9 Å². The summed E-state index contributed by atoms with van der Waals surface area (Å²) in [5.41, 5.74) is -1.71. The van der Waals surface area contributed by atoms with E-state index in [1.165, 1.54) is 0 Å². The fourth-order valence-corrected chi connectivity index (χ4v) is 1.87. The highest BCUT2D eigenvalue weighted by atomic mass is 79.9. The molecule has 1 aromatic carbocycles. The van der Waals surface area contributed by atoms with Crippen molar-refractivity contribution in [2.24, 2.45) is 0 Å². The molecule has 0 fully saturated rings. The maximum Gasteiger partial charge on any atom is 0.419 e. The van der Waals surface area contributed by atoms with Crippen LogP contribution in [-0.2, 0) is 6.18 Å². The van der Waals surface area contributed by atoms with Crippen LogP contribution in [0.2, 0.25) is 0 Å². The van der Waals surface area contributed by atoms with Crippen molar-refractivity contribution in [3.63, 3.8) is 0 Å². The third-order valence-corrected chi connectivity index (χ3v) is 2.84. The van der Waals surface area contributed by atoms with E-state index in [-0.39, 0.29) is 16.5 Å². The summed E-state index contributed by atoms with van der Waals surface area (Å²) in [6, 6.07) is 1.73. The predicted molar refractivity (Wildman–Crippen MR) is 54.4 cm³/mol. The number of rotatable bonds is 2. The Kier molecular flexibility index (Phi) is 3.96. The number of benzene rings is 1. The molecule has 0 saturated heterocycles. The van der Waals surface area contributed by atoms with Gasteiger partial charge in [-0.25, -0.2) is 4.39 Å². The second kappa shape index (κ2) is 4.71. The lowest BCUT2D eigenvalue weighted by Crippen LogP contribution is -2.12. The number of hydrogen-bond donors (Lipinski definition) is 1. The Morgan fingerprint density at radius 1 is 1.38 bits per heavy atom. The molecule has 6 heteroatoms. The SMILES string of the molecule is CCC(O)c1c(Br)ccc(C(F)(F)F)c1F. The van der Waals surface area contributed by atoms with E-state index in [1.807, 2.05) is 0 Å². The molecule has 0 amide bonds. The van der Waals surface area contributed by atoms with Gasteiger partial charge in [-0.15, -0.1) is 0 Å². The van der Waals surface area contributed by atoms with Crippen molar-refractivity contribution in [2.75, 3.05) is 0 Å². The van der Waals surface area contributed by atoms with Gasteiger partial charge in [-0.05, 0) is 18.6 Å². The van der Waals surface area contributed by atoms with Crippen molar-refractivity contribution in [3.05, 3.63) is 33.5 Å². The van der Waals surface area contributed by atoms with Gasteiger partial charge in [0.1, 0.15) is 5.82 Å². The molecule has 0 aliphatic heterocycles. The quantitative estimate of drug-likeness (QED) is 0.817. The molecule has 0 aliphatic rings. The molecular weight excluding hydrogens is 292 g/mol. The third-order valence-electron chi connectivity index (χ3n) is 2.15. The Balaban J connectivity index is 3.39. The zero-order chi connectivity index (χ0) is 12.5. The van der Waals surface area contributed by atoms with Gasteiger partial charge in [-0.2, -0.15) is 13.2 Å². The number of alkyl halides is 3. The lowest BCUT2D eigenvalue weighted by Gasteiger charge is -2.16. The van der Waals surface area contributed by atoms with Crippen LogP contribution in [0, 0.1) is 5.82 Å². The predicted octanol–water partition coefficient (Wildman–Crippen LogP) is 4.05. The van der Waals surface area contributed by atoms with Gasteiger partial charge in [0.25, 0.3) is 0 Å². The summed E-state index contributed by atoms with van der Waals surface area (Å²) in [5.74, 6) is -1.42. The van der Waals surface area contributed by atoms with E-state index >= 15 is 0 Å². The normalized spacial score (nSPS) is 13.9. The first kappa shape index (κ1) is 13.4. The van der Waals surface area contributed by atoms with Crippen LogP contribution in [0.4, 0.5) is 17.6 Å². The summed E-state index contributed by atoms with van der Waals surface area (Å²) in [7, 11) is 0. The molecule has 1 nitrogen and oxygen atoms in total. The fraction of sp³-hybridized carbons (Fsp3) is 0.400. The first-order valence-electron chi connectivity index (χ1n) is 4.52. The molecule has 1 aromatic rings. The number of aliphatic hydroxyl groups is 1. The first-order chi connectivity index (χ1) is 7.29. The molecular formula is C10H9BrF4O. The molecule has 0 heterocycles. The Hall–Kier alpha value is -0.620. The van der Waals surface area contributed by atoms with Crippen LogP contribution >= 0.6 is 15.9 Å². The average molecular weight is 301 g/mol. The maximum atomic E-state index is 13.6. The lowest BCUT2D eigenvalue weighted by molar-refractivity contribution is -0.140. The molecule has 1 atom stereocenters. The van der Waals surface area contributed by atoms with Crippen LogP contribution < -0.4 is 0 Å². The molecule has 1 unspecified atom stereocenters. The van der Waals surface area contributed by atoms with Crippen LogP contribution in [0.1, 0.15) is 30.6 Å². The highest BCUT2D eigenvalue weighted by Crippen LogP contribution is 2.37. The van der Waals surface area contributed by atoms with Gasteiger partial charge in [-0.3, -0.25) is 0 Å². The number of aliphatic hydroxyl groups excluding tert-OH is 1. The maximum absolute atomic E-state index is 13.6. The Morgan fingerprint density at radius 3 is 2.38 bits per heavy atom. The highest BCUT2D eigenvalue weighted by molar-refractivity contribution is 9.10.